The number of carbonyl (C=O) groups excluding carboxylic acids is 4. The maximum Gasteiger partial charge on any atom is 0.339 e. The van der Waals surface area contributed by atoms with Crippen LogP contribution in [0.5, 0.6) is 0 Å². The minimum Gasteiger partial charge on any atom is -0.483 e. The van der Waals surface area contributed by atoms with Gasteiger partial charge in [0, 0.05) is 31.3 Å². The van der Waals surface area contributed by atoms with Crippen molar-refractivity contribution in [3.8, 4) is 11.4 Å². The standard InChI is InChI=1S/C31H39N7O5S.CH2O2/c1-20(2)26-28-35-27(21-9-6-5-7-10-21)36-38(28)17-16-37(30(41)24-13-12-22(19-32-24)31(42)43-3)15-8-11-25(39)33-23(14-18-44-4)29(40)34-26;2-1-3/h5-7,9-10,12-13,19-20,23,26H,8,11,14-18H2,1-4H3,(H,33,39)(H,34,40);1H,(H,2,3)/t23-,26+;/m0./s1. The first kappa shape index (κ1) is 36.7. The molecule has 0 bridgehead atoms. The lowest BCUT2D eigenvalue weighted by molar-refractivity contribution is -0.129. The van der Waals surface area contributed by atoms with Gasteiger partial charge in [-0.05, 0) is 42.9 Å². The van der Waals surface area contributed by atoms with Gasteiger partial charge in [0.25, 0.3) is 12.4 Å². The smallest absolute Gasteiger partial charge is 0.339 e. The topological polar surface area (TPSA) is 186 Å². The zero-order valence-electron chi connectivity index (χ0n) is 26.9. The molecule has 3 amide bonds. The number of hydrogen-bond donors (Lipinski definition) is 3. The molecule has 2 atom stereocenters. The Kier molecular flexibility index (Phi) is 14.3. The summed E-state index contributed by atoms with van der Waals surface area (Å²) in [5.41, 5.74) is 1.23. The predicted molar refractivity (Wildman–Crippen MR) is 176 cm³/mol. The Bertz CT molecular complexity index is 1500. The van der Waals surface area contributed by atoms with Crippen molar-refractivity contribution in [3.63, 3.8) is 0 Å². The minimum absolute atomic E-state index is 0.0504. The molecule has 0 aliphatic carbocycles. The maximum absolute atomic E-state index is 13.6. The number of rotatable bonds is 7. The van der Waals surface area contributed by atoms with Crippen molar-refractivity contribution >= 4 is 41.9 Å². The Balaban J connectivity index is 0.00000192. The number of ether oxygens (including phenoxy) is 1. The summed E-state index contributed by atoms with van der Waals surface area (Å²) in [5.74, 6) is 0.307. The van der Waals surface area contributed by atoms with Crippen LogP contribution in [0.15, 0.2) is 48.7 Å². The second-order valence-electron chi connectivity index (χ2n) is 10.9. The fourth-order valence-electron chi connectivity index (χ4n) is 4.89. The monoisotopic (exact) mass is 667 g/mol. The average molecular weight is 668 g/mol. The SMILES string of the molecule is COC(=O)c1ccc(C(=O)N2CCCC(=O)N[C@@H](CCSC)C(=O)N[C@H](C(C)C)c3nc(-c4ccccc4)nn3CC2)nc1.O=CO. The van der Waals surface area contributed by atoms with Gasteiger partial charge in [-0.1, -0.05) is 44.2 Å². The highest BCUT2D eigenvalue weighted by Gasteiger charge is 2.30. The quantitative estimate of drug-likeness (QED) is 0.249. The minimum atomic E-state index is -0.709. The van der Waals surface area contributed by atoms with E-state index in [1.165, 1.54) is 25.4 Å². The summed E-state index contributed by atoms with van der Waals surface area (Å²) in [5, 5.41) is 17.7. The number of fused-ring (bicyclic) bond motifs is 1. The van der Waals surface area contributed by atoms with E-state index in [2.05, 4.69) is 15.6 Å². The van der Waals surface area contributed by atoms with Gasteiger partial charge in [-0.25, -0.2) is 14.5 Å². The molecule has 1 aliphatic rings. The molecule has 14 nitrogen and oxygen atoms in total. The van der Waals surface area contributed by atoms with Gasteiger partial charge in [-0.2, -0.15) is 16.9 Å². The Morgan fingerprint density at radius 3 is 2.45 bits per heavy atom. The number of benzene rings is 1. The number of thioether (sulfide) groups is 1. The molecule has 3 heterocycles. The summed E-state index contributed by atoms with van der Waals surface area (Å²) in [7, 11) is 1.28. The van der Waals surface area contributed by atoms with Gasteiger partial charge in [-0.3, -0.25) is 24.2 Å². The van der Waals surface area contributed by atoms with Crippen LogP contribution in [-0.4, -0.2) is 98.2 Å². The molecule has 4 rings (SSSR count). The van der Waals surface area contributed by atoms with Crippen LogP contribution in [0.2, 0.25) is 0 Å². The zero-order chi connectivity index (χ0) is 34.3. The van der Waals surface area contributed by atoms with Gasteiger partial charge in [0.1, 0.15) is 11.7 Å². The number of aromatic nitrogens is 4. The van der Waals surface area contributed by atoms with Crippen LogP contribution in [0.3, 0.4) is 0 Å². The summed E-state index contributed by atoms with van der Waals surface area (Å²) >= 11 is 1.60. The molecule has 0 unspecified atom stereocenters. The fraction of sp³-hybridized carbons (Fsp3) is 0.438. The lowest BCUT2D eigenvalue weighted by Gasteiger charge is -2.27. The van der Waals surface area contributed by atoms with Crippen molar-refractivity contribution in [1.29, 1.82) is 0 Å². The van der Waals surface area contributed by atoms with Crippen molar-refractivity contribution in [2.75, 3.05) is 32.2 Å². The molecule has 1 aromatic carbocycles. The number of nitrogens with one attached hydrogen (secondary N) is 2. The number of hydrogen-bond acceptors (Lipinski definition) is 10. The lowest BCUT2D eigenvalue weighted by atomic mass is 10.0. The van der Waals surface area contributed by atoms with Crippen LogP contribution >= 0.6 is 11.8 Å². The first-order chi connectivity index (χ1) is 22.6. The van der Waals surface area contributed by atoms with E-state index < -0.39 is 18.1 Å². The number of esters is 1. The number of nitrogens with zero attached hydrogens (tertiary/aromatic N) is 5. The van der Waals surface area contributed by atoms with Crippen molar-refractivity contribution < 1.29 is 33.8 Å². The molecule has 0 spiro atoms. The summed E-state index contributed by atoms with van der Waals surface area (Å²) in [6.45, 7) is 4.55. The largest absolute Gasteiger partial charge is 0.483 e. The van der Waals surface area contributed by atoms with E-state index in [9.17, 15) is 19.2 Å². The van der Waals surface area contributed by atoms with Crippen LogP contribution in [0.4, 0.5) is 0 Å². The van der Waals surface area contributed by atoms with Crippen molar-refractivity contribution in [2.45, 2.75) is 51.7 Å². The lowest BCUT2D eigenvalue weighted by Crippen LogP contribution is -2.49. The zero-order valence-corrected chi connectivity index (χ0v) is 27.7. The highest BCUT2D eigenvalue weighted by Crippen LogP contribution is 2.25. The Morgan fingerprint density at radius 2 is 1.83 bits per heavy atom. The van der Waals surface area contributed by atoms with E-state index in [1.54, 1.807) is 21.3 Å². The molecule has 3 aromatic rings. The third kappa shape index (κ3) is 10.4. The maximum atomic E-state index is 13.6. The van der Waals surface area contributed by atoms with E-state index in [0.717, 1.165) is 5.56 Å². The van der Waals surface area contributed by atoms with Gasteiger partial charge in [-0.15, -0.1) is 0 Å². The summed E-state index contributed by atoms with van der Waals surface area (Å²) in [6.07, 6.45) is 4.26. The van der Waals surface area contributed by atoms with Gasteiger partial charge in [0.15, 0.2) is 11.6 Å². The van der Waals surface area contributed by atoms with Crippen molar-refractivity contribution in [2.24, 2.45) is 5.92 Å². The van der Waals surface area contributed by atoms with Crippen molar-refractivity contribution in [3.05, 3.63) is 65.7 Å². The molecule has 2 aromatic heterocycles. The Morgan fingerprint density at radius 1 is 1.11 bits per heavy atom. The van der Waals surface area contributed by atoms with Gasteiger partial charge in [0.05, 0.1) is 25.3 Å². The second-order valence-corrected chi connectivity index (χ2v) is 11.9. The Labute approximate surface area is 277 Å². The molecule has 0 fully saturated rings. The van der Waals surface area contributed by atoms with E-state index >= 15 is 0 Å². The van der Waals surface area contributed by atoms with Crippen LogP contribution < -0.4 is 10.6 Å². The first-order valence-electron chi connectivity index (χ1n) is 15.1. The summed E-state index contributed by atoms with van der Waals surface area (Å²) in [4.78, 5) is 71.0. The molecule has 0 saturated heterocycles. The van der Waals surface area contributed by atoms with Gasteiger partial charge >= 0.3 is 5.97 Å². The molecule has 252 valence electrons. The molecule has 15 heteroatoms. The molecule has 0 radical (unpaired) electrons. The van der Waals surface area contributed by atoms with Crippen LogP contribution in [0, 0.1) is 5.92 Å². The molecular weight excluding hydrogens is 626 g/mol. The Hall–Kier alpha value is -4.79. The normalized spacial score (nSPS) is 17.3. The number of carbonyl (C=O) groups is 5. The van der Waals surface area contributed by atoms with Gasteiger partial charge < -0.3 is 25.4 Å². The van der Waals surface area contributed by atoms with Crippen LogP contribution in [-0.2, 0) is 25.7 Å². The average Bonchev–Trinajstić information content (AvgIpc) is 3.50. The predicted octanol–water partition coefficient (Wildman–Crippen LogP) is 2.81. The molecule has 3 N–H and O–H groups in total. The molecule has 47 heavy (non-hydrogen) atoms. The number of carboxylic acid groups (broad SMARTS) is 1. The van der Waals surface area contributed by atoms with E-state index in [4.69, 9.17) is 24.7 Å². The summed E-state index contributed by atoms with van der Waals surface area (Å²) in [6, 6.07) is 11.3. The van der Waals surface area contributed by atoms with Crippen LogP contribution in [0.25, 0.3) is 11.4 Å². The summed E-state index contributed by atoms with van der Waals surface area (Å²) < 4.78 is 6.49. The van der Waals surface area contributed by atoms with Gasteiger partial charge in [0.2, 0.25) is 11.8 Å². The second kappa shape index (κ2) is 18.4. The third-order valence-corrected chi connectivity index (χ3v) is 7.99. The van der Waals surface area contributed by atoms with E-state index in [0.29, 0.717) is 36.8 Å². The van der Waals surface area contributed by atoms with Crippen molar-refractivity contribution in [1.82, 2.24) is 35.3 Å². The first-order valence-corrected chi connectivity index (χ1v) is 16.5. The molecule has 0 saturated carbocycles. The molecular formula is C32H41N7O7S. The number of pyridine rings is 1. The highest BCUT2D eigenvalue weighted by atomic mass is 32.2. The third-order valence-electron chi connectivity index (χ3n) is 7.34. The highest BCUT2D eigenvalue weighted by molar-refractivity contribution is 7.98. The van der Waals surface area contributed by atoms with E-state index in [1.807, 2.05) is 50.4 Å². The van der Waals surface area contributed by atoms with E-state index in [-0.39, 0.29) is 60.9 Å². The number of methoxy groups -OCH3 is 1. The van der Waals surface area contributed by atoms with Crippen LogP contribution in [0.1, 0.15) is 65.8 Å². The number of amides is 3. The molecule has 1 aliphatic heterocycles. The fourth-order valence-corrected chi connectivity index (χ4v) is 5.37.